The van der Waals surface area contributed by atoms with Crippen LogP contribution in [0.5, 0.6) is 0 Å². The van der Waals surface area contributed by atoms with Crippen LogP contribution in [0, 0.1) is 6.92 Å². The molecule has 0 aliphatic rings. The third kappa shape index (κ3) is 2.52. The minimum absolute atomic E-state index is 0.00199. The summed E-state index contributed by atoms with van der Waals surface area (Å²) >= 11 is 0. The first-order valence-electron chi connectivity index (χ1n) is 4.64. The van der Waals surface area contributed by atoms with E-state index in [9.17, 15) is 13.6 Å². The highest BCUT2D eigenvalue weighted by atomic mass is 19.3. The van der Waals surface area contributed by atoms with Crippen LogP contribution in [0.1, 0.15) is 28.8 Å². The summed E-state index contributed by atoms with van der Waals surface area (Å²) in [7, 11) is 0. The van der Waals surface area contributed by atoms with Gasteiger partial charge in [0.15, 0.2) is 0 Å². The largest absolute Gasteiger partial charge is 0.481 e. The molecule has 0 unspecified atom stereocenters. The number of alkyl halides is 2. The Morgan fingerprint density at radius 3 is 2.62 bits per heavy atom. The fourth-order valence-electron chi connectivity index (χ4n) is 1.53. The van der Waals surface area contributed by atoms with Gasteiger partial charge in [-0.25, -0.2) is 8.78 Å². The quantitative estimate of drug-likeness (QED) is 0.820. The summed E-state index contributed by atoms with van der Waals surface area (Å²) in [5, 5.41) is 8.68. The van der Waals surface area contributed by atoms with E-state index in [2.05, 4.69) is 4.98 Å². The first kappa shape index (κ1) is 12.5. The molecule has 1 rings (SSSR count). The predicted octanol–water partition coefficient (Wildman–Crippen LogP) is 1.41. The van der Waals surface area contributed by atoms with Crippen LogP contribution in [0.4, 0.5) is 8.78 Å². The van der Waals surface area contributed by atoms with Crippen molar-refractivity contribution in [2.75, 3.05) is 0 Å². The highest BCUT2D eigenvalue weighted by molar-refractivity contribution is 5.71. The fraction of sp³-hybridized carbons (Fsp3) is 0.400. The zero-order valence-corrected chi connectivity index (χ0v) is 8.70. The van der Waals surface area contributed by atoms with Crippen molar-refractivity contribution in [1.29, 1.82) is 0 Å². The number of hydrogen-bond donors (Lipinski definition) is 2. The van der Waals surface area contributed by atoms with E-state index in [1.54, 1.807) is 6.92 Å². The van der Waals surface area contributed by atoms with Gasteiger partial charge in [-0.2, -0.15) is 0 Å². The molecule has 0 aromatic carbocycles. The van der Waals surface area contributed by atoms with Crippen molar-refractivity contribution in [2.24, 2.45) is 5.73 Å². The lowest BCUT2D eigenvalue weighted by Gasteiger charge is -2.13. The zero-order valence-electron chi connectivity index (χ0n) is 8.70. The van der Waals surface area contributed by atoms with Gasteiger partial charge in [-0.05, 0) is 18.1 Å². The number of carboxylic acid groups (broad SMARTS) is 1. The molecule has 0 aliphatic carbocycles. The molecule has 0 fully saturated rings. The number of aromatic nitrogens is 1. The molecule has 0 bridgehead atoms. The van der Waals surface area contributed by atoms with Crippen molar-refractivity contribution in [2.45, 2.75) is 26.3 Å². The molecule has 0 saturated carbocycles. The van der Waals surface area contributed by atoms with Crippen LogP contribution in [0.3, 0.4) is 0 Å². The molecule has 0 saturated heterocycles. The monoisotopic (exact) mass is 230 g/mol. The molecule has 6 heteroatoms. The number of nitrogens with zero attached hydrogens (tertiary/aromatic N) is 1. The van der Waals surface area contributed by atoms with Gasteiger partial charge in [0.05, 0.1) is 6.42 Å². The van der Waals surface area contributed by atoms with E-state index in [0.717, 1.165) is 6.20 Å². The molecule has 0 spiro atoms. The summed E-state index contributed by atoms with van der Waals surface area (Å²) in [6, 6.07) is 0. The van der Waals surface area contributed by atoms with Gasteiger partial charge >= 0.3 is 5.97 Å². The Labute approximate surface area is 91.1 Å². The molecule has 4 nitrogen and oxygen atoms in total. The topological polar surface area (TPSA) is 76.2 Å². The van der Waals surface area contributed by atoms with E-state index in [0.29, 0.717) is 11.3 Å². The number of carbonyl (C=O) groups is 1. The predicted molar refractivity (Wildman–Crippen MR) is 53.2 cm³/mol. The summed E-state index contributed by atoms with van der Waals surface area (Å²) in [5.41, 5.74) is 6.02. The van der Waals surface area contributed by atoms with Crippen LogP contribution >= 0.6 is 0 Å². The van der Waals surface area contributed by atoms with Gasteiger partial charge in [0.1, 0.15) is 0 Å². The maximum Gasteiger partial charge on any atom is 0.307 e. The molecule has 1 heterocycles. The van der Waals surface area contributed by atoms with Crippen LogP contribution in [0.25, 0.3) is 0 Å². The first-order chi connectivity index (χ1) is 7.47. The Balaban J connectivity index is 3.34. The molecular formula is C10H12F2N2O2. The second-order valence-electron chi connectivity index (χ2n) is 3.33. The lowest BCUT2D eigenvalue weighted by molar-refractivity contribution is -0.136. The van der Waals surface area contributed by atoms with Gasteiger partial charge in [0.25, 0.3) is 6.43 Å². The number of aliphatic carboxylic acids is 1. The maximum atomic E-state index is 12.7. The molecule has 0 amide bonds. The Hall–Kier alpha value is -1.56. The van der Waals surface area contributed by atoms with Crippen LogP contribution < -0.4 is 5.73 Å². The van der Waals surface area contributed by atoms with Crippen LogP contribution in [-0.4, -0.2) is 16.1 Å². The first-order valence-corrected chi connectivity index (χ1v) is 4.64. The number of aryl methyl sites for hydroxylation is 1. The van der Waals surface area contributed by atoms with E-state index in [1.165, 1.54) is 0 Å². The Bertz CT molecular complexity index is 408. The van der Waals surface area contributed by atoms with Crippen LogP contribution in [0.15, 0.2) is 6.20 Å². The van der Waals surface area contributed by atoms with Crippen molar-refractivity contribution >= 4 is 5.97 Å². The van der Waals surface area contributed by atoms with Gasteiger partial charge < -0.3 is 10.8 Å². The second kappa shape index (κ2) is 4.98. The minimum Gasteiger partial charge on any atom is -0.481 e. The van der Waals surface area contributed by atoms with Crippen LogP contribution in [-0.2, 0) is 17.8 Å². The molecular weight excluding hydrogens is 218 g/mol. The molecule has 0 aliphatic heterocycles. The van der Waals surface area contributed by atoms with Crippen molar-refractivity contribution in [3.8, 4) is 0 Å². The highest BCUT2D eigenvalue weighted by Gasteiger charge is 2.19. The number of nitrogens with two attached hydrogens (primary N) is 1. The van der Waals surface area contributed by atoms with Gasteiger partial charge in [0, 0.05) is 24.0 Å². The molecule has 3 N–H and O–H groups in total. The van der Waals surface area contributed by atoms with E-state index in [4.69, 9.17) is 10.8 Å². The number of hydrogen-bond acceptors (Lipinski definition) is 3. The summed E-state index contributed by atoms with van der Waals surface area (Å²) in [5.74, 6) is -1.16. The molecule has 1 aromatic rings. The number of halogens is 2. The lowest BCUT2D eigenvalue weighted by atomic mass is 9.99. The Morgan fingerprint density at radius 2 is 2.19 bits per heavy atom. The Kier molecular flexibility index (Phi) is 3.89. The summed E-state index contributed by atoms with van der Waals surface area (Å²) in [4.78, 5) is 14.4. The van der Waals surface area contributed by atoms with Crippen LogP contribution in [0.2, 0.25) is 0 Å². The zero-order chi connectivity index (χ0) is 12.3. The normalized spacial score (nSPS) is 10.8. The van der Waals surface area contributed by atoms with Crippen molar-refractivity contribution < 1.29 is 18.7 Å². The average molecular weight is 230 g/mol. The van der Waals surface area contributed by atoms with Gasteiger partial charge in [-0.15, -0.1) is 0 Å². The summed E-state index contributed by atoms with van der Waals surface area (Å²) in [6.07, 6.45) is -2.19. The number of pyridine rings is 1. The van der Waals surface area contributed by atoms with Gasteiger partial charge in [0.2, 0.25) is 0 Å². The molecule has 0 atom stereocenters. The average Bonchev–Trinajstić information content (AvgIpc) is 2.16. The Morgan fingerprint density at radius 1 is 1.56 bits per heavy atom. The molecule has 16 heavy (non-hydrogen) atoms. The minimum atomic E-state index is -2.74. The van der Waals surface area contributed by atoms with E-state index in [-0.39, 0.29) is 17.7 Å². The van der Waals surface area contributed by atoms with E-state index < -0.39 is 18.8 Å². The number of carboxylic acids is 1. The third-order valence-electron chi connectivity index (χ3n) is 2.31. The molecule has 0 radical (unpaired) electrons. The number of rotatable bonds is 4. The highest BCUT2D eigenvalue weighted by Crippen LogP contribution is 2.26. The van der Waals surface area contributed by atoms with Crippen molar-refractivity contribution in [1.82, 2.24) is 4.98 Å². The maximum absolute atomic E-state index is 12.7. The lowest BCUT2D eigenvalue weighted by Crippen LogP contribution is -2.13. The molecule has 1 aromatic heterocycles. The smallest absolute Gasteiger partial charge is 0.307 e. The summed E-state index contributed by atoms with van der Waals surface area (Å²) in [6.45, 7) is 1.62. The second-order valence-corrected chi connectivity index (χ2v) is 3.33. The standard InChI is InChI=1S/C10H12F2N2O2/c1-5-7(3-13)6(2-9(15)16)8(4-14-5)10(11)12/h4,10H,2-3,13H2,1H3,(H,15,16). The van der Waals surface area contributed by atoms with Gasteiger partial charge in [-0.1, -0.05) is 0 Å². The SMILES string of the molecule is Cc1ncc(C(F)F)c(CC(=O)O)c1CN. The van der Waals surface area contributed by atoms with Gasteiger partial charge in [-0.3, -0.25) is 9.78 Å². The fourth-order valence-corrected chi connectivity index (χ4v) is 1.53. The van der Waals surface area contributed by atoms with E-state index >= 15 is 0 Å². The van der Waals surface area contributed by atoms with Crippen molar-refractivity contribution in [3.05, 3.63) is 28.6 Å². The molecule has 88 valence electrons. The van der Waals surface area contributed by atoms with E-state index in [1.807, 2.05) is 0 Å². The third-order valence-corrected chi connectivity index (χ3v) is 2.31. The van der Waals surface area contributed by atoms with Crippen molar-refractivity contribution in [3.63, 3.8) is 0 Å². The summed E-state index contributed by atoms with van der Waals surface area (Å²) < 4.78 is 25.3.